The minimum atomic E-state index is -0.648. The van der Waals surface area contributed by atoms with Crippen LogP contribution in [0.3, 0.4) is 0 Å². The molecule has 0 saturated heterocycles. The standard InChI is InChI=1S/C18H23FN4O/c1-3-5-10-23(18(24)15-8-6-9-17(19)22-15)12-16-14(7-4-2)11-20-13-21-16/h6,8-9,11,13H,3-5,7,10,12H2,1-2H3. The summed E-state index contributed by atoms with van der Waals surface area (Å²) in [6.07, 6.45) is 6.98. The second-order valence-electron chi connectivity index (χ2n) is 5.67. The van der Waals surface area contributed by atoms with Crippen molar-refractivity contribution in [2.75, 3.05) is 6.54 Å². The van der Waals surface area contributed by atoms with Crippen LogP contribution in [0.25, 0.3) is 0 Å². The molecule has 2 aromatic rings. The number of rotatable bonds is 8. The van der Waals surface area contributed by atoms with Gasteiger partial charge in [0.25, 0.3) is 5.91 Å². The van der Waals surface area contributed by atoms with Gasteiger partial charge in [-0.25, -0.2) is 15.0 Å². The normalized spacial score (nSPS) is 10.6. The van der Waals surface area contributed by atoms with Gasteiger partial charge in [0.05, 0.1) is 12.2 Å². The first-order chi connectivity index (χ1) is 11.7. The molecule has 0 aliphatic carbocycles. The van der Waals surface area contributed by atoms with E-state index in [2.05, 4.69) is 28.8 Å². The zero-order valence-electron chi connectivity index (χ0n) is 14.2. The van der Waals surface area contributed by atoms with Crippen LogP contribution in [0, 0.1) is 5.95 Å². The highest BCUT2D eigenvalue weighted by Crippen LogP contribution is 2.13. The minimum Gasteiger partial charge on any atom is -0.331 e. The fourth-order valence-corrected chi connectivity index (χ4v) is 2.48. The maximum atomic E-state index is 13.3. The van der Waals surface area contributed by atoms with Crippen LogP contribution in [0.5, 0.6) is 0 Å². The molecule has 0 spiro atoms. The lowest BCUT2D eigenvalue weighted by molar-refractivity contribution is 0.0731. The van der Waals surface area contributed by atoms with Crippen molar-refractivity contribution in [1.29, 1.82) is 0 Å². The van der Waals surface area contributed by atoms with Crippen molar-refractivity contribution in [3.05, 3.63) is 53.6 Å². The van der Waals surface area contributed by atoms with Crippen LogP contribution in [0.4, 0.5) is 4.39 Å². The van der Waals surface area contributed by atoms with Crippen molar-refractivity contribution < 1.29 is 9.18 Å². The highest BCUT2D eigenvalue weighted by atomic mass is 19.1. The van der Waals surface area contributed by atoms with Crippen molar-refractivity contribution in [1.82, 2.24) is 19.9 Å². The molecule has 2 rings (SSSR count). The molecule has 0 aliphatic rings. The van der Waals surface area contributed by atoms with Gasteiger partial charge in [-0.1, -0.05) is 32.8 Å². The average Bonchev–Trinajstić information content (AvgIpc) is 2.59. The van der Waals surface area contributed by atoms with Gasteiger partial charge in [-0.3, -0.25) is 4.79 Å². The summed E-state index contributed by atoms with van der Waals surface area (Å²) in [7, 11) is 0. The summed E-state index contributed by atoms with van der Waals surface area (Å²) in [4.78, 5) is 26.5. The van der Waals surface area contributed by atoms with Gasteiger partial charge in [0.1, 0.15) is 12.0 Å². The number of hydrogen-bond acceptors (Lipinski definition) is 4. The third-order valence-corrected chi connectivity index (χ3v) is 3.74. The smallest absolute Gasteiger partial charge is 0.272 e. The van der Waals surface area contributed by atoms with Crippen molar-refractivity contribution >= 4 is 5.91 Å². The summed E-state index contributed by atoms with van der Waals surface area (Å²) >= 11 is 0. The first kappa shape index (κ1) is 18.0. The third kappa shape index (κ3) is 4.81. The quantitative estimate of drug-likeness (QED) is 0.696. The van der Waals surface area contributed by atoms with Crippen LogP contribution < -0.4 is 0 Å². The molecule has 0 radical (unpaired) electrons. The minimum absolute atomic E-state index is 0.122. The summed E-state index contributed by atoms with van der Waals surface area (Å²) in [6, 6.07) is 4.27. The molecule has 0 aromatic carbocycles. The molecule has 128 valence electrons. The summed E-state index contributed by atoms with van der Waals surface area (Å²) < 4.78 is 13.3. The predicted octanol–water partition coefficient (Wildman–Crippen LogP) is 3.41. The van der Waals surface area contributed by atoms with Crippen molar-refractivity contribution in [2.45, 2.75) is 46.1 Å². The summed E-state index contributed by atoms with van der Waals surface area (Å²) in [5.41, 5.74) is 2.01. The maximum absolute atomic E-state index is 13.3. The molecule has 0 N–H and O–H groups in total. The van der Waals surface area contributed by atoms with Crippen molar-refractivity contribution in [3.63, 3.8) is 0 Å². The fraction of sp³-hybridized carbons (Fsp3) is 0.444. The van der Waals surface area contributed by atoms with Crippen LogP contribution in [0.1, 0.15) is 54.9 Å². The number of nitrogens with zero attached hydrogens (tertiary/aromatic N) is 4. The molecule has 0 fully saturated rings. The van der Waals surface area contributed by atoms with Crippen LogP contribution in [-0.4, -0.2) is 32.3 Å². The van der Waals surface area contributed by atoms with E-state index in [1.807, 2.05) is 0 Å². The SMILES string of the molecule is CCCCN(Cc1ncncc1CCC)C(=O)c1cccc(F)n1. The Kier molecular flexibility index (Phi) is 6.78. The van der Waals surface area contributed by atoms with Gasteiger partial charge in [0.2, 0.25) is 5.95 Å². The van der Waals surface area contributed by atoms with E-state index in [1.54, 1.807) is 11.1 Å². The molecule has 0 unspecified atom stereocenters. The molecule has 6 heteroatoms. The first-order valence-corrected chi connectivity index (χ1v) is 8.35. The van der Waals surface area contributed by atoms with Crippen molar-refractivity contribution in [2.24, 2.45) is 0 Å². The number of halogens is 1. The van der Waals surface area contributed by atoms with Gasteiger partial charge < -0.3 is 4.90 Å². The third-order valence-electron chi connectivity index (χ3n) is 3.74. The Morgan fingerprint density at radius 2 is 2.08 bits per heavy atom. The number of unbranched alkanes of at least 4 members (excludes halogenated alkanes) is 1. The number of pyridine rings is 1. The van der Waals surface area contributed by atoms with E-state index in [4.69, 9.17) is 0 Å². The highest BCUT2D eigenvalue weighted by Gasteiger charge is 2.19. The Labute approximate surface area is 142 Å². The number of carbonyl (C=O) groups excluding carboxylic acids is 1. The largest absolute Gasteiger partial charge is 0.331 e. The Hall–Kier alpha value is -2.37. The Bertz CT molecular complexity index is 678. The topological polar surface area (TPSA) is 59.0 Å². The molecule has 1 amide bonds. The maximum Gasteiger partial charge on any atom is 0.272 e. The van der Waals surface area contributed by atoms with Gasteiger partial charge >= 0.3 is 0 Å². The average molecular weight is 330 g/mol. The molecule has 0 aliphatic heterocycles. The Morgan fingerprint density at radius 3 is 2.79 bits per heavy atom. The number of aryl methyl sites for hydroxylation is 1. The first-order valence-electron chi connectivity index (χ1n) is 8.35. The fourth-order valence-electron chi connectivity index (χ4n) is 2.48. The molecule has 2 aromatic heterocycles. The van der Waals surface area contributed by atoms with Gasteiger partial charge in [0.15, 0.2) is 0 Å². The van der Waals surface area contributed by atoms with E-state index in [9.17, 15) is 9.18 Å². The van der Waals surface area contributed by atoms with E-state index in [1.165, 1.54) is 24.5 Å². The van der Waals surface area contributed by atoms with Crippen molar-refractivity contribution in [3.8, 4) is 0 Å². The monoisotopic (exact) mass is 330 g/mol. The summed E-state index contributed by atoms with van der Waals surface area (Å²) in [5, 5.41) is 0. The molecule has 0 saturated carbocycles. The molecule has 0 bridgehead atoms. The van der Waals surface area contributed by atoms with Gasteiger partial charge in [-0.05, 0) is 30.5 Å². The zero-order chi connectivity index (χ0) is 17.4. The van der Waals surface area contributed by atoms with E-state index in [0.717, 1.165) is 36.9 Å². The van der Waals surface area contributed by atoms with Gasteiger partial charge in [-0.2, -0.15) is 4.39 Å². The molecule has 24 heavy (non-hydrogen) atoms. The van der Waals surface area contributed by atoms with E-state index >= 15 is 0 Å². The van der Waals surface area contributed by atoms with E-state index < -0.39 is 5.95 Å². The Morgan fingerprint density at radius 1 is 1.25 bits per heavy atom. The number of aromatic nitrogens is 3. The predicted molar refractivity (Wildman–Crippen MR) is 89.9 cm³/mol. The summed E-state index contributed by atoms with van der Waals surface area (Å²) in [5.74, 6) is -0.922. The molecule has 2 heterocycles. The van der Waals surface area contributed by atoms with Crippen LogP contribution in [-0.2, 0) is 13.0 Å². The van der Waals surface area contributed by atoms with Gasteiger partial charge in [-0.15, -0.1) is 0 Å². The van der Waals surface area contributed by atoms with Gasteiger partial charge in [0, 0.05) is 12.7 Å². The summed E-state index contributed by atoms with van der Waals surface area (Å²) in [6.45, 7) is 5.13. The highest BCUT2D eigenvalue weighted by molar-refractivity contribution is 5.92. The number of hydrogen-bond donors (Lipinski definition) is 0. The second-order valence-corrected chi connectivity index (χ2v) is 5.67. The van der Waals surface area contributed by atoms with E-state index in [0.29, 0.717) is 13.1 Å². The Balaban J connectivity index is 2.24. The van der Waals surface area contributed by atoms with E-state index in [-0.39, 0.29) is 11.6 Å². The lowest BCUT2D eigenvalue weighted by Crippen LogP contribution is -2.33. The van der Waals surface area contributed by atoms with Crippen LogP contribution in [0.2, 0.25) is 0 Å². The number of amides is 1. The molecular formula is C18H23FN4O. The lowest BCUT2D eigenvalue weighted by Gasteiger charge is -2.23. The second kappa shape index (κ2) is 9.05. The van der Waals surface area contributed by atoms with Crippen LogP contribution >= 0.6 is 0 Å². The molecule has 5 nitrogen and oxygen atoms in total. The molecule has 0 atom stereocenters. The lowest BCUT2D eigenvalue weighted by atomic mass is 10.1. The number of carbonyl (C=O) groups is 1. The van der Waals surface area contributed by atoms with Crippen LogP contribution in [0.15, 0.2) is 30.7 Å². The zero-order valence-corrected chi connectivity index (χ0v) is 14.2. The molecular weight excluding hydrogens is 307 g/mol.